The lowest BCUT2D eigenvalue weighted by Gasteiger charge is -2.10. The number of nitrogens with zero attached hydrogens (tertiary/aromatic N) is 2. The van der Waals surface area contributed by atoms with Crippen LogP contribution in [-0.2, 0) is 16.3 Å². The number of benzene rings is 2. The maximum Gasteiger partial charge on any atom is 0.416 e. The highest BCUT2D eigenvalue weighted by molar-refractivity contribution is 7.87. The molecule has 0 amide bonds. The molecule has 0 aliphatic heterocycles. The SMILES string of the molecule is O=S(=O)(Oc1ccc(-c2cn3ccoc3n2)cc1)c1cccc(C(F)(F)F)c1. The molecule has 0 radical (unpaired) electrons. The second-order valence-corrected chi connectivity index (χ2v) is 7.35. The largest absolute Gasteiger partial charge is 0.432 e. The summed E-state index contributed by atoms with van der Waals surface area (Å²) in [6.45, 7) is 0. The van der Waals surface area contributed by atoms with Crippen LogP contribution in [0.1, 0.15) is 5.56 Å². The van der Waals surface area contributed by atoms with E-state index in [4.69, 9.17) is 8.60 Å². The number of hydrogen-bond donors (Lipinski definition) is 0. The van der Waals surface area contributed by atoms with E-state index in [-0.39, 0.29) is 5.75 Å². The first-order valence-corrected chi connectivity index (χ1v) is 9.28. The van der Waals surface area contributed by atoms with Gasteiger partial charge in [0.15, 0.2) is 0 Å². The molecule has 4 aromatic rings. The van der Waals surface area contributed by atoms with E-state index in [1.54, 1.807) is 28.9 Å². The van der Waals surface area contributed by atoms with Gasteiger partial charge in [0.05, 0.1) is 11.3 Å². The molecule has 0 aliphatic rings. The van der Waals surface area contributed by atoms with Crippen LogP contribution in [-0.4, -0.2) is 17.8 Å². The van der Waals surface area contributed by atoms with Crippen LogP contribution in [0.15, 0.2) is 76.5 Å². The molecule has 10 heteroatoms. The fourth-order valence-corrected chi connectivity index (χ4v) is 3.53. The smallest absolute Gasteiger partial charge is 0.416 e. The average molecular weight is 408 g/mol. The van der Waals surface area contributed by atoms with E-state index in [9.17, 15) is 21.6 Å². The van der Waals surface area contributed by atoms with Gasteiger partial charge in [-0.05, 0) is 42.5 Å². The average Bonchev–Trinajstić information content (AvgIpc) is 3.23. The normalized spacial score (nSPS) is 12.4. The van der Waals surface area contributed by atoms with Gasteiger partial charge in [-0.2, -0.15) is 26.6 Å². The summed E-state index contributed by atoms with van der Waals surface area (Å²) >= 11 is 0. The highest BCUT2D eigenvalue weighted by atomic mass is 32.2. The van der Waals surface area contributed by atoms with Gasteiger partial charge in [0.25, 0.3) is 0 Å². The quantitative estimate of drug-likeness (QED) is 0.469. The Bertz CT molecular complexity index is 1210. The third-order valence-corrected chi connectivity index (χ3v) is 5.14. The summed E-state index contributed by atoms with van der Waals surface area (Å²) < 4.78 is 74.8. The summed E-state index contributed by atoms with van der Waals surface area (Å²) in [6.07, 6.45) is 0.248. The zero-order valence-corrected chi connectivity index (χ0v) is 14.7. The fraction of sp³-hybridized carbons (Fsp3) is 0.0556. The molecule has 2 aromatic heterocycles. The molecule has 4 rings (SSSR count). The zero-order chi connectivity index (χ0) is 19.9. The van der Waals surface area contributed by atoms with Crippen molar-refractivity contribution in [2.75, 3.05) is 0 Å². The first-order chi connectivity index (χ1) is 13.2. The molecule has 0 fully saturated rings. The Morgan fingerprint density at radius 2 is 1.82 bits per heavy atom. The van der Waals surface area contributed by atoms with E-state index >= 15 is 0 Å². The maximum absolute atomic E-state index is 12.8. The molecule has 2 heterocycles. The molecule has 0 atom stereocenters. The van der Waals surface area contributed by atoms with Crippen LogP contribution in [0.4, 0.5) is 13.2 Å². The number of hydrogen-bond acceptors (Lipinski definition) is 5. The molecule has 0 bridgehead atoms. The highest BCUT2D eigenvalue weighted by Crippen LogP contribution is 2.31. The second-order valence-electron chi connectivity index (χ2n) is 5.81. The first-order valence-electron chi connectivity index (χ1n) is 7.87. The molecule has 0 unspecified atom stereocenters. The first kappa shape index (κ1) is 18.1. The van der Waals surface area contributed by atoms with Gasteiger partial charge in [-0.15, -0.1) is 0 Å². The van der Waals surface area contributed by atoms with Crippen molar-refractivity contribution in [2.24, 2.45) is 0 Å². The Kier molecular flexibility index (Phi) is 4.15. The van der Waals surface area contributed by atoms with Gasteiger partial charge in [-0.1, -0.05) is 6.07 Å². The molecular weight excluding hydrogens is 397 g/mol. The lowest BCUT2D eigenvalue weighted by Crippen LogP contribution is -2.12. The standard InChI is InChI=1S/C18H11F3N2O4S/c19-18(20,21)13-2-1-3-15(10-13)28(24,25)27-14-6-4-12(5-7-14)16-11-23-8-9-26-17(23)22-16/h1-11H. The summed E-state index contributed by atoms with van der Waals surface area (Å²) in [5.41, 5.74) is 0.214. The van der Waals surface area contributed by atoms with Gasteiger partial charge >= 0.3 is 22.1 Å². The van der Waals surface area contributed by atoms with E-state index < -0.39 is 26.8 Å². The Labute approximate surface area is 156 Å². The Hall–Kier alpha value is -3.27. The number of fused-ring (bicyclic) bond motifs is 1. The van der Waals surface area contributed by atoms with E-state index in [2.05, 4.69) is 4.98 Å². The fourth-order valence-electron chi connectivity index (χ4n) is 2.55. The second kappa shape index (κ2) is 6.41. The van der Waals surface area contributed by atoms with Crippen molar-refractivity contribution in [3.05, 3.63) is 72.8 Å². The van der Waals surface area contributed by atoms with Crippen LogP contribution in [0.25, 0.3) is 17.1 Å². The Balaban J connectivity index is 1.57. The van der Waals surface area contributed by atoms with E-state index in [0.717, 1.165) is 18.2 Å². The predicted octanol–water partition coefficient (Wildman–Crippen LogP) is 4.38. The van der Waals surface area contributed by atoms with Crippen molar-refractivity contribution in [1.82, 2.24) is 9.38 Å². The van der Waals surface area contributed by atoms with Gasteiger partial charge in [0.1, 0.15) is 16.9 Å². The Morgan fingerprint density at radius 1 is 1.07 bits per heavy atom. The molecule has 0 saturated carbocycles. The number of imidazole rings is 1. The monoisotopic (exact) mass is 408 g/mol. The van der Waals surface area contributed by atoms with Gasteiger partial charge < -0.3 is 8.60 Å². The van der Waals surface area contributed by atoms with Crippen molar-refractivity contribution >= 4 is 16.0 Å². The van der Waals surface area contributed by atoms with Crippen molar-refractivity contribution in [3.63, 3.8) is 0 Å². The van der Waals surface area contributed by atoms with Crippen LogP contribution in [0, 0.1) is 0 Å². The minimum atomic E-state index is -4.66. The molecular formula is C18H11F3N2O4S. The van der Waals surface area contributed by atoms with Crippen LogP contribution >= 0.6 is 0 Å². The number of halogens is 3. The zero-order valence-electron chi connectivity index (χ0n) is 13.9. The van der Waals surface area contributed by atoms with Crippen molar-refractivity contribution in [3.8, 4) is 17.0 Å². The summed E-state index contributed by atoms with van der Waals surface area (Å²) in [5, 5.41) is 0. The molecule has 0 spiro atoms. The molecule has 0 saturated heterocycles. The molecule has 0 N–H and O–H groups in total. The predicted molar refractivity (Wildman–Crippen MR) is 92.2 cm³/mol. The van der Waals surface area contributed by atoms with Crippen molar-refractivity contribution < 1.29 is 30.2 Å². The summed E-state index contributed by atoms with van der Waals surface area (Å²) in [6, 6.07) is 9.31. The number of oxazole rings is 1. The number of aromatic nitrogens is 2. The van der Waals surface area contributed by atoms with Crippen molar-refractivity contribution in [2.45, 2.75) is 11.1 Å². The topological polar surface area (TPSA) is 73.8 Å². The minimum absolute atomic E-state index is 0.0379. The third kappa shape index (κ3) is 3.46. The molecule has 0 aliphatic carbocycles. The van der Waals surface area contributed by atoms with E-state index in [0.29, 0.717) is 23.2 Å². The maximum atomic E-state index is 12.8. The third-order valence-electron chi connectivity index (χ3n) is 3.90. The Morgan fingerprint density at radius 3 is 2.50 bits per heavy atom. The van der Waals surface area contributed by atoms with Crippen molar-refractivity contribution in [1.29, 1.82) is 0 Å². The summed E-state index contributed by atoms with van der Waals surface area (Å²) in [7, 11) is -4.42. The molecule has 2 aromatic carbocycles. The van der Waals surface area contributed by atoms with Gasteiger partial charge in [0.2, 0.25) is 0 Å². The lowest BCUT2D eigenvalue weighted by atomic mass is 10.2. The molecule has 6 nitrogen and oxygen atoms in total. The molecule has 144 valence electrons. The van der Waals surface area contributed by atoms with Crippen LogP contribution in [0.3, 0.4) is 0 Å². The van der Waals surface area contributed by atoms with Crippen LogP contribution in [0.5, 0.6) is 5.75 Å². The molecule has 28 heavy (non-hydrogen) atoms. The van der Waals surface area contributed by atoms with Crippen LogP contribution in [0.2, 0.25) is 0 Å². The number of rotatable bonds is 4. The van der Waals surface area contributed by atoms with Gasteiger partial charge in [-0.25, -0.2) is 0 Å². The number of alkyl halides is 3. The van der Waals surface area contributed by atoms with Crippen LogP contribution < -0.4 is 4.18 Å². The van der Waals surface area contributed by atoms with E-state index in [1.165, 1.54) is 18.4 Å². The lowest BCUT2D eigenvalue weighted by molar-refractivity contribution is -0.137. The summed E-state index contributed by atoms with van der Waals surface area (Å²) in [5.74, 6) is 0.367. The highest BCUT2D eigenvalue weighted by Gasteiger charge is 2.32. The van der Waals surface area contributed by atoms with Gasteiger partial charge in [-0.3, -0.25) is 4.40 Å². The van der Waals surface area contributed by atoms with Gasteiger partial charge in [0, 0.05) is 18.0 Å². The summed E-state index contributed by atoms with van der Waals surface area (Å²) in [4.78, 5) is 3.68. The minimum Gasteiger partial charge on any atom is -0.432 e. The van der Waals surface area contributed by atoms with E-state index in [1.807, 2.05) is 0 Å².